The summed E-state index contributed by atoms with van der Waals surface area (Å²) in [5.74, 6) is -0.0754. The van der Waals surface area contributed by atoms with Crippen LogP contribution in [0.5, 0.6) is 0 Å². The molecule has 0 radical (unpaired) electrons. The maximum absolute atomic E-state index is 12.6. The van der Waals surface area contributed by atoms with Gasteiger partial charge in [0, 0.05) is 23.7 Å². The van der Waals surface area contributed by atoms with Gasteiger partial charge < -0.3 is 10.2 Å². The second-order valence-electron chi connectivity index (χ2n) is 6.03. The molecule has 0 atom stereocenters. The molecule has 0 unspecified atom stereocenters. The predicted molar refractivity (Wildman–Crippen MR) is 107 cm³/mol. The third kappa shape index (κ3) is 3.37. The predicted octanol–water partition coefficient (Wildman–Crippen LogP) is 4.87. The zero-order chi connectivity index (χ0) is 17.2. The molecule has 1 fully saturated rings. The number of amides is 1. The number of carbonyl (C=O) groups is 1. The summed E-state index contributed by atoms with van der Waals surface area (Å²) in [6.45, 7) is 2.18. The Hall–Kier alpha value is -2.05. The van der Waals surface area contributed by atoms with Crippen molar-refractivity contribution in [2.75, 3.05) is 29.6 Å². The average Bonchev–Trinajstić information content (AvgIpc) is 3.30. The molecule has 1 N–H and O–H groups in total. The highest BCUT2D eigenvalue weighted by Crippen LogP contribution is 2.32. The van der Waals surface area contributed by atoms with Crippen LogP contribution in [0, 0.1) is 0 Å². The molecule has 0 saturated carbocycles. The quantitative estimate of drug-likeness (QED) is 0.666. The van der Waals surface area contributed by atoms with E-state index in [-0.39, 0.29) is 5.91 Å². The van der Waals surface area contributed by atoms with Crippen molar-refractivity contribution >= 4 is 50.0 Å². The van der Waals surface area contributed by atoms with Crippen LogP contribution in [0.4, 0.5) is 10.8 Å². The minimum Gasteiger partial charge on any atom is -0.348 e. The van der Waals surface area contributed by atoms with Crippen molar-refractivity contribution in [1.29, 1.82) is 0 Å². The van der Waals surface area contributed by atoms with Gasteiger partial charge in [0.15, 0.2) is 5.13 Å². The first-order valence-corrected chi connectivity index (χ1v) is 10.4. The molecular formula is C19H19N3OS2. The van der Waals surface area contributed by atoms with Crippen LogP contribution in [0.1, 0.15) is 23.2 Å². The van der Waals surface area contributed by atoms with Gasteiger partial charge in [0.25, 0.3) is 5.91 Å². The molecule has 0 bridgehead atoms. The molecule has 0 aliphatic carbocycles. The number of carbonyl (C=O) groups excluding carboxylic acids is 1. The molecule has 0 spiro atoms. The third-order valence-corrected chi connectivity index (χ3v) is 6.24. The number of hydrogen-bond donors (Lipinski definition) is 1. The second-order valence-corrected chi connectivity index (χ2v) is 7.88. The first kappa shape index (κ1) is 16.4. The van der Waals surface area contributed by atoms with Crippen LogP contribution >= 0.6 is 23.1 Å². The summed E-state index contributed by atoms with van der Waals surface area (Å²) in [7, 11) is 0. The number of thioether (sulfide) groups is 1. The minimum atomic E-state index is -0.0754. The molecule has 1 saturated heterocycles. The van der Waals surface area contributed by atoms with Gasteiger partial charge in [-0.1, -0.05) is 23.5 Å². The summed E-state index contributed by atoms with van der Waals surface area (Å²) in [6.07, 6.45) is 4.47. The summed E-state index contributed by atoms with van der Waals surface area (Å²) in [4.78, 5) is 20.7. The molecular weight excluding hydrogens is 350 g/mol. The molecule has 1 aliphatic rings. The Bertz CT molecular complexity index is 916. The molecule has 1 amide bonds. The lowest BCUT2D eigenvalue weighted by atomic mass is 10.2. The Balaban J connectivity index is 1.58. The van der Waals surface area contributed by atoms with Crippen LogP contribution in [0.15, 0.2) is 47.4 Å². The number of nitrogens with zero attached hydrogens (tertiary/aromatic N) is 2. The van der Waals surface area contributed by atoms with Crippen LogP contribution in [0.2, 0.25) is 0 Å². The number of nitrogens with one attached hydrogen (secondary N) is 1. The van der Waals surface area contributed by atoms with E-state index >= 15 is 0 Å². The van der Waals surface area contributed by atoms with Crippen LogP contribution in [-0.2, 0) is 0 Å². The van der Waals surface area contributed by atoms with Gasteiger partial charge in [-0.2, -0.15) is 0 Å². The fraction of sp³-hybridized carbons (Fsp3) is 0.263. The van der Waals surface area contributed by atoms with Crippen LogP contribution < -0.4 is 10.2 Å². The number of benzene rings is 2. The van der Waals surface area contributed by atoms with E-state index in [1.165, 1.54) is 12.8 Å². The Morgan fingerprint density at radius 2 is 2.00 bits per heavy atom. The number of anilines is 2. The number of fused-ring (bicyclic) bond motifs is 1. The van der Waals surface area contributed by atoms with E-state index in [1.54, 1.807) is 23.1 Å². The molecule has 4 nitrogen and oxygen atoms in total. The maximum Gasteiger partial charge on any atom is 0.256 e. The maximum atomic E-state index is 12.6. The SMILES string of the molecule is CSc1ccccc1C(=O)Nc1ccc2nc(N3CCCC3)sc2c1. The van der Waals surface area contributed by atoms with Crippen molar-refractivity contribution in [1.82, 2.24) is 4.98 Å². The fourth-order valence-corrected chi connectivity index (χ4v) is 4.72. The number of hydrogen-bond acceptors (Lipinski definition) is 5. The standard InChI is InChI=1S/C19H19N3OS2/c1-24-16-7-3-2-6-14(16)18(23)20-13-8-9-15-17(12-13)25-19(21-15)22-10-4-5-11-22/h2-3,6-9,12H,4-5,10-11H2,1H3,(H,20,23). The van der Waals surface area contributed by atoms with E-state index in [2.05, 4.69) is 10.2 Å². The number of rotatable bonds is 4. The average molecular weight is 370 g/mol. The molecule has 2 heterocycles. The highest BCUT2D eigenvalue weighted by Gasteiger charge is 2.17. The lowest BCUT2D eigenvalue weighted by molar-refractivity contribution is 0.102. The first-order valence-electron chi connectivity index (χ1n) is 8.34. The van der Waals surface area contributed by atoms with E-state index in [4.69, 9.17) is 4.98 Å². The molecule has 25 heavy (non-hydrogen) atoms. The highest BCUT2D eigenvalue weighted by molar-refractivity contribution is 7.98. The topological polar surface area (TPSA) is 45.2 Å². The fourth-order valence-electron chi connectivity index (χ4n) is 3.06. The van der Waals surface area contributed by atoms with Gasteiger partial charge in [-0.3, -0.25) is 4.79 Å². The van der Waals surface area contributed by atoms with Gasteiger partial charge in [0.05, 0.1) is 15.8 Å². The zero-order valence-corrected chi connectivity index (χ0v) is 15.6. The van der Waals surface area contributed by atoms with Gasteiger partial charge in [0.1, 0.15) is 0 Å². The Labute approximate surface area is 155 Å². The number of thiazole rings is 1. The summed E-state index contributed by atoms with van der Waals surface area (Å²) in [5.41, 5.74) is 2.51. The van der Waals surface area contributed by atoms with E-state index in [0.29, 0.717) is 5.56 Å². The largest absolute Gasteiger partial charge is 0.348 e. The van der Waals surface area contributed by atoms with Crippen molar-refractivity contribution in [3.05, 3.63) is 48.0 Å². The summed E-state index contributed by atoms with van der Waals surface area (Å²) in [5, 5.41) is 4.10. The first-order chi connectivity index (χ1) is 12.2. The summed E-state index contributed by atoms with van der Waals surface area (Å²) < 4.78 is 1.11. The van der Waals surface area contributed by atoms with Crippen molar-refractivity contribution in [3.8, 4) is 0 Å². The lowest BCUT2D eigenvalue weighted by Gasteiger charge is -2.11. The van der Waals surface area contributed by atoms with Crippen molar-refractivity contribution < 1.29 is 4.79 Å². The molecule has 128 valence electrons. The van der Waals surface area contributed by atoms with Gasteiger partial charge in [0.2, 0.25) is 0 Å². The summed E-state index contributed by atoms with van der Waals surface area (Å²) in [6, 6.07) is 13.6. The molecule has 2 aromatic carbocycles. The van der Waals surface area contributed by atoms with E-state index in [9.17, 15) is 4.79 Å². The lowest BCUT2D eigenvalue weighted by Crippen LogP contribution is -2.16. The number of aromatic nitrogens is 1. The zero-order valence-electron chi connectivity index (χ0n) is 14.0. The highest BCUT2D eigenvalue weighted by atomic mass is 32.2. The monoisotopic (exact) mass is 369 g/mol. The van der Waals surface area contributed by atoms with Gasteiger partial charge >= 0.3 is 0 Å². The van der Waals surface area contributed by atoms with E-state index < -0.39 is 0 Å². The normalized spacial score (nSPS) is 14.2. The van der Waals surface area contributed by atoms with Gasteiger partial charge in [-0.05, 0) is 49.4 Å². The summed E-state index contributed by atoms with van der Waals surface area (Å²) >= 11 is 3.28. The van der Waals surface area contributed by atoms with Crippen LogP contribution in [0.25, 0.3) is 10.2 Å². The molecule has 1 aliphatic heterocycles. The van der Waals surface area contributed by atoms with E-state index in [0.717, 1.165) is 39.0 Å². The minimum absolute atomic E-state index is 0.0754. The molecule has 6 heteroatoms. The molecule has 4 rings (SSSR count). The van der Waals surface area contributed by atoms with Crippen LogP contribution in [-0.4, -0.2) is 30.2 Å². The van der Waals surface area contributed by atoms with Crippen molar-refractivity contribution in [2.45, 2.75) is 17.7 Å². The second kappa shape index (κ2) is 7.06. The van der Waals surface area contributed by atoms with Gasteiger partial charge in [-0.15, -0.1) is 11.8 Å². The molecule has 3 aromatic rings. The van der Waals surface area contributed by atoms with Crippen LogP contribution in [0.3, 0.4) is 0 Å². The van der Waals surface area contributed by atoms with Crippen molar-refractivity contribution in [2.24, 2.45) is 0 Å². The van der Waals surface area contributed by atoms with Gasteiger partial charge in [-0.25, -0.2) is 4.98 Å². The van der Waals surface area contributed by atoms with Crippen molar-refractivity contribution in [3.63, 3.8) is 0 Å². The smallest absolute Gasteiger partial charge is 0.256 e. The Morgan fingerprint density at radius 1 is 1.20 bits per heavy atom. The van der Waals surface area contributed by atoms with E-state index in [1.807, 2.05) is 48.7 Å². The third-order valence-electron chi connectivity index (χ3n) is 4.36. The Morgan fingerprint density at radius 3 is 2.80 bits per heavy atom. The Kier molecular flexibility index (Phi) is 4.63. The molecule has 1 aromatic heterocycles.